The van der Waals surface area contributed by atoms with E-state index in [1.54, 1.807) is 11.8 Å². The normalized spacial score (nSPS) is 13.0. The lowest BCUT2D eigenvalue weighted by molar-refractivity contribution is -0.134. The van der Waals surface area contributed by atoms with E-state index in [0.29, 0.717) is 12.2 Å². The Morgan fingerprint density at radius 3 is 2.55 bits per heavy atom. The molecule has 7 heteroatoms. The van der Waals surface area contributed by atoms with E-state index in [9.17, 15) is 4.79 Å². The fourth-order valence-electron chi connectivity index (χ4n) is 1.74. The third-order valence-electron chi connectivity index (χ3n) is 2.77. The molecule has 0 aromatic heterocycles. The highest BCUT2D eigenvalue weighted by atomic mass is 32.2. The number of carbonyl (C=O) groups is 1. The average molecular weight is 356 g/mol. The molecule has 0 bridgehead atoms. The number of hydrogen-bond donors (Lipinski definition) is 1. The molecule has 0 atom stereocenters. The molecule has 22 heavy (non-hydrogen) atoms. The maximum Gasteiger partial charge on any atom is 0.311 e. The summed E-state index contributed by atoms with van der Waals surface area (Å²) in [6.07, 6.45) is 4.38. The fraction of sp³-hybridized carbons (Fsp3) is 0.333. The van der Waals surface area contributed by atoms with Crippen LogP contribution >= 0.6 is 36.8 Å². The van der Waals surface area contributed by atoms with E-state index in [0.717, 1.165) is 29.0 Å². The molecule has 0 saturated carbocycles. The first-order chi connectivity index (χ1) is 10.6. The SMILES string of the molecule is CCCCC(=O)Oc1ccc(C2=CC(=S)CS2)cc1.O=NS. The van der Waals surface area contributed by atoms with Crippen LogP contribution in [-0.2, 0) is 4.79 Å². The van der Waals surface area contributed by atoms with Crippen molar-refractivity contribution in [3.63, 3.8) is 0 Å². The second kappa shape index (κ2) is 10.5. The van der Waals surface area contributed by atoms with Crippen LogP contribution in [0.4, 0.5) is 0 Å². The quantitative estimate of drug-likeness (QED) is 0.269. The van der Waals surface area contributed by atoms with Crippen LogP contribution in [0.25, 0.3) is 4.91 Å². The van der Waals surface area contributed by atoms with Crippen LogP contribution in [0.3, 0.4) is 0 Å². The van der Waals surface area contributed by atoms with Gasteiger partial charge in [0.2, 0.25) is 0 Å². The summed E-state index contributed by atoms with van der Waals surface area (Å²) >= 11 is 9.76. The van der Waals surface area contributed by atoms with Crippen molar-refractivity contribution in [2.24, 2.45) is 4.58 Å². The molecular weight excluding hydrogens is 338 g/mol. The Morgan fingerprint density at radius 1 is 1.41 bits per heavy atom. The van der Waals surface area contributed by atoms with Gasteiger partial charge in [-0.2, -0.15) is 0 Å². The number of nitroso groups, excluding NO2 is 1. The molecule has 1 aromatic carbocycles. The molecule has 0 spiro atoms. The van der Waals surface area contributed by atoms with E-state index in [1.165, 1.54) is 4.91 Å². The fourth-order valence-corrected chi connectivity index (χ4v) is 3.01. The van der Waals surface area contributed by atoms with Crippen molar-refractivity contribution in [1.29, 1.82) is 0 Å². The number of carbonyl (C=O) groups excluding carboxylic acids is 1. The molecule has 1 heterocycles. The van der Waals surface area contributed by atoms with Crippen molar-refractivity contribution in [1.82, 2.24) is 0 Å². The standard InChI is InChI=1S/C15H16O2S2.HNOS/c1-2-3-4-15(16)17-12-7-5-11(6-8-12)14-9-13(18)10-19-14;2-1-3/h5-9H,2-4,10H2,1H3;(H,2,3). The molecule has 0 saturated heterocycles. The highest BCUT2D eigenvalue weighted by molar-refractivity contribution is 8.10. The van der Waals surface area contributed by atoms with Gasteiger partial charge in [0.15, 0.2) is 0 Å². The highest BCUT2D eigenvalue weighted by Crippen LogP contribution is 2.33. The molecule has 2 rings (SSSR count). The minimum Gasteiger partial charge on any atom is -0.427 e. The van der Waals surface area contributed by atoms with E-state index < -0.39 is 0 Å². The topological polar surface area (TPSA) is 55.7 Å². The second-order valence-electron chi connectivity index (χ2n) is 4.45. The van der Waals surface area contributed by atoms with Gasteiger partial charge in [-0.15, -0.1) is 16.7 Å². The third kappa shape index (κ3) is 6.72. The average Bonchev–Trinajstić information content (AvgIpc) is 2.93. The van der Waals surface area contributed by atoms with Gasteiger partial charge in [-0.05, 0) is 30.2 Å². The van der Waals surface area contributed by atoms with E-state index in [1.807, 2.05) is 34.9 Å². The zero-order chi connectivity index (χ0) is 16.4. The molecule has 0 unspecified atom stereocenters. The third-order valence-corrected chi connectivity index (χ3v) is 4.33. The molecule has 0 radical (unpaired) electrons. The number of rotatable bonds is 5. The lowest BCUT2D eigenvalue weighted by Crippen LogP contribution is -2.07. The zero-order valence-corrected chi connectivity index (χ0v) is 14.7. The van der Waals surface area contributed by atoms with Crippen molar-refractivity contribution in [2.75, 3.05) is 5.75 Å². The molecule has 4 nitrogen and oxygen atoms in total. The van der Waals surface area contributed by atoms with E-state index >= 15 is 0 Å². The minimum absolute atomic E-state index is 0.162. The van der Waals surface area contributed by atoms with E-state index in [2.05, 4.69) is 19.7 Å². The summed E-state index contributed by atoms with van der Waals surface area (Å²) in [5.41, 5.74) is 1.12. The van der Waals surface area contributed by atoms with Gasteiger partial charge in [-0.1, -0.05) is 37.7 Å². The summed E-state index contributed by atoms with van der Waals surface area (Å²) in [5.74, 6) is 1.33. The van der Waals surface area contributed by atoms with Gasteiger partial charge in [0.25, 0.3) is 0 Å². The van der Waals surface area contributed by atoms with Crippen LogP contribution < -0.4 is 4.74 Å². The first kappa shape index (κ1) is 18.9. The summed E-state index contributed by atoms with van der Waals surface area (Å²) < 4.78 is 7.21. The van der Waals surface area contributed by atoms with Gasteiger partial charge in [-0.25, -0.2) is 0 Å². The number of thioether (sulfide) groups is 1. The Hall–Kier alpha value is -1.18. The molecule has 0 fully saturated rings. The van der Waals surface area contributed by atoms with Crippen LogP contribution in [-0.4, -0.2) is 16.6 Å². The lowest BCUT2D eigenvalue weighted by Gasteiger charge is -2.05. The molecule has 0 N–H and O–H groups in total. The maximum absolute atomic E-state index is 11.5. The largest absolute Gasteiger partial charge is 0.427 e. The number of thiol groups is 1. The number of nitrogens with zero attached hydrogens (tertiary/aromatic N) is 1. The molecular formula is C15H17NO3S3. The van der Waals surface area contributed by atoms with Crippen molar-refractivity contribution >= 4 is 52.5 Å². The smallest absolute Gasteiger partial charge is 0.311 e. The number of allylic oxidation sites excluding steroid dienone is 1. The summed E-state index contributed by atoms with van der Waals surface area (Å²) in [7, 11) is 0. The number of benzene rings is 1. The summed E-state index contributed by atoms with van der Waals surface area (Å²) in [6, 6.07) is 7.61. The predicted molar refractivity (Wildman–Crippen MR) is 99.4 cm³/mol. The second-order valence-corrected chi connectivity index (χ2v) is 6.15. The molecule has 118 valence electrons. The van der Waals surface area contributed by atoms with Crippen LogP contribution in [0, 0.1) is 4.91 Å². The van der Waals surface area contributed by atoms with Gasteiger partial charge in [0.1, 0.15) is 5.75 Å². The maximum atomic E-state index is 11.5. The Balaban J connectivity index is 0.000000745. The molecule has 0 aliphatic carbocycles. The van der Waals surface area contributed by atoms with Gasteiger partial charge in [-0.3, -0.25) is 4.79 Å². The van der Waals surface area contributed by atoms with Crippen molar-refractivity contribution in [3.8, 4) is 5.75 Å². The molecule has 0 amide bonds. The van der Waals surface area contributed by atoms with E-state index in [4.69, 9.17) is 21.9 Å². The number of ether oxygens (including phenoxy) is 1. The summed E-state index contributed by atoms with van der Waals surface area (Å²) in [4.78, 5) is 22.1. The van der Waals surface area contributed by atoms with Gasteiger partial charge >= 0.3 is 5.97 Å². The Morgan fingerprint density at radius 2 is 2.05 bits per heavy atom. The van der Waals surface area contributed by atoms with Crippen molar-refractivity contribution < 1.29 is 9.53 Å². The Labute approximate surface area is 145 Å². The van der Waals surface area contributed by atoms with Gasteiger partial charge in [0.05, 0.1) is 0 Å². The molecule has 1 aromatic rings. The number of esters is 1. The van der Waals surface area contributed by atoms with Crippen LogP contribution in [0.2, 0.25) is 0 Å². The van der Waals surface area contributed by atoms with Crippen molar-refractivity contribution in [2.45, 2.75) is 26.2 Å². The predicted octanol–water partition coefficient (Wildman–Crippen LogP) is 4.84. The molecule has 1 aliphatic rings. The lowest BCUT2D eigenvalue weighted by atomic mass is 10.2. The summed E-state index contributed by atoms with van der Waals surface area (Å²) in [5, 5.41) is 0. The monoisotopic (exact) mass is 355 g/mol. The number of thiocarbonyl (C=S) groups is 1. The molecule has 1 aliphatic heterocycles. The number of hydrogen-bond acceptors (Lipinski definition) is 6. The zero-order valence-electron chi connectivity index (χ0n) is 12.2. The first-order valence-electron chi connectivity index (χ1n) is 6.75. The Kier molecular flexibility index (Phi) is 9.03. The summed E-state index contributed by atoms with van der Waals surface area (Å²) in [6.45, 7) is 2.06. The van der Waals surface area contributed by atoms with Crippen molar-refractivity contribution in [3.05, 3.63) is 40.8 Å². The highest BCUT2D eigenvalue weighted by Gasteiger charge is 2.12. The Bertz CT molecular complexity index is 556. The van der Waals surface area contributed by atoms with Gasteiger partial charge in [0, 0.05) is 39.3 Å². The first-order valence-corrected chi connectivity index (χ1v) is 8.55. The van der Waals surface area contributed by atoms with Crippen LogP contribution in [0.1, 0.15) is 31.7 Å². The van der Waals surface area contributed by atoms with Crippen LogP contribution in [0.15, 0.2) is 34.9 Å². The van der Waals surface area contributed by atoms with Gasteiger partial charge < -0.3 is 4.74 Å². The minimum atomic E-state index is -0.162. The number of unbranched alkanes of at least 4 members (excludes halogenated alkanes) is 1. The van der Waals surface area contributed by atoms with E-state index in [-0.39, 0.29) is 5.97 Å². The van der Waals surface area contributed by atoms with Crippen LogP contribution in [0.5, 0.6) is 5.75 Å².